The molecule has 0 N–H and O–H groups in total. The molecule has 0 fully saturated rings. The van der Waals surface area contributed by atoms with Gasteiger partial charge in [-0.25, -0.2) is 0 Å². The third-order valence-corrected chi connectivity index (χ3v) is 11.4. The number of rotatable bonds is 8. The minimum Gasteiger partial charge on any atom is -0.310 e. The molecule has 276 valence electrons. The molecular weight excluding hydrogens is 701 g/mol. The van der Waals surface area contributed by atoms with Crippen LogP contribution in [-0.4, -0.2) is 4.57 Å². The zero-order chi connectivity index (χ0) is 39.0. The first kappa shape index (κ1) is 35.0. The fraction of sp³-hybridized carbons (Fsp3) is 0.0357. The maximum atomic E-state index is 2.44. The number of aromatic nitrogens is 1. The van der Waals surface area contributed by atoms with Crippen LogP contribution in [0.15, 0.2) is 218 Å². The highest BCUT2D eigenvalue weighted by Gasteiger charge is 2.19. The molecule has 0 saturated heterocycles. The summed E-state index contributed by atoms with van der Waals surface area (Å²) in [5, 5.41) is 2.45. The lowest BCUT2D eigenvalue weighted by atomic mass is 9.93. The van der Waals surface area contributed by atoms with Crippen LogP contribution in [0.2, 0.25) is 0 Å². The summed E-state index contributed by atoms with van der Waals surface area (Å²) in [5.41, 5.74) is 18.9. The first-order valence-electron chi connectivity index (χ1n) is 20.0. The lowest BCUT2D eigenvalue weighted by Gasteiger charge is -2.26. The molecule has 0 unspecified atom stereocenters. The summed E-state index contributed by atoms with van der Waals surface area (Å²) >= 11 is 0. The number of hydrogen-bond donors (Lipinski definition) is 0. The Morgan fingerprint density at radius 1 is 0.310 bits per heavy atom. The molecule has 0 amide bonds. The van der Waals surface area contributed by atoms with Gasteiger partial charge in [-0.05, 0) is 113 Å². The van der Waals surface area contributed by atoms with Crippen LogP contribution in [0.5, 0.6) is 0 Å². The number of hydrogen-bond acceptors (Lipinski definition) is 1. The molecule has 0 atom stereocenters. The highest BCUT2D eigenvalue weighted by Crippen LogP contribution is 2.42. The minimum absolute atomic E-state index is 1.09. The predicted octanol–water partition coefficient (Wildman–Crippen LogP) is 15.5. The number of aryl methyl sites for hydroxylation is 2. The van der Waals surface area contributed by atoms with Gasteiger partial charge >= 0.3 is 0 Å². The maximum Gasteiger partial charge on any atom is 0.0561 e. The van der Waals surface area contributed by atoms with E-state index in [2.05, 4.69) is 242 Å². The van der Waals surface area contributed by atoms with Crippen molar-refractivity contribution in [3.05, 3.63) is 230 Å². The van der Waals surface area contributed by atoms with Gasteiger partial charge in [0.1, 0.15) is 0 Å². The second-order valence-corrected chi connectivity index (χ2v) is 15.2. The highest BCUT2D eigenvalue weighted by molar-refractivity contribution is 6.10. The van der Waals surface area contributed by atoms with Crippen molar-refractivity contribution in [2.75, 3.05) is 4.90 Å². The van der Waals surface area contributed by atoms with Crippen molar-refractivity contribution in [3.8, 4) is 50.2 Å². The van der Waals surface area contributed by atoms with Crippen LogP contribution in [0.25, 0.3) is 72.0 Å². The zero-order valence-electron chi connectivity index (χ0n) is 32.7. The zero-order valence-corrected chi connectivity index (χ0v) is 32.7. The van der Waals surface area contributed by atoms with E-state index in [-0.39, 0.29) is 0 Å². The van der Waals surface area contributed by atoms with Crippen LogP contribution in [0.3, 0.4) is 0 Å². The fourth-order valence-corrected chi connectivity index (χ4v) is 8.32. The van der Waals surface area contributed by atoms with Crippen molar-refractivity contribution in [1.82, 2.24) is 4.57 Å². The standard InChI is InChI=1S/C56H42N2/c1-39-17-21-45(22-18-39)51-35-33-49(37-54(51)46-23-19-40(2)20-24-46)58-55-16-10-9-15-52(55)53-36-34-50(38-56(53)58)57(47-29-25-43(26-30-47)41-11-5-3-6-12-41)48-31-27-44(28-32-48)42-13-7-4-8-14-42/h3-38H,1-2H3. The predicted molar refractivity (Wildman–Crippen MR) is 247 cm³/mol. The first-order valence-corrected chi connectivity index (χ1v) is 20.0. The van der Waals surface area contributed by atoms with Gasteiger partial charge in [0.05, 0.1) is 11.0 Å². The van der Waals surface area contributed by atoms with Crippen molar-refractivity contribution in [2.24, 2.45) is 0 Å². The van der Waals surface area contributed by atoms with Crippen molar-refractivity contribution in [2.45, 2.75) is 13.8 Å². The molecule has 0 saturated carbocycles. The molecule has 0 aliphatic carbocycles. The highest BCUT2D eigenvalue weighted by atomic mass is 15.1. The van der Waals surface area contributed by atoms with E-state index in [0.717, 1.165) is 28.3 Å². The van der Waals surface area contributed by atoms with E-state index in [1.54, 1.807) is 0 Å². The summed E-state index contributed by atoms with van der Waals surface area (Å²) in [4.78, 5) is 2.38. The van der Waals surface area contributed by atoms with Crippen LogP contribution in [-0.2, 0) is 0 Å². The molecule has 0 aliphatic rings. The summed E-state index contributed by atoms with van der Waals surface area (Å²) in [5.74, 6) is 0. The van der Waals surface area contributed by atoms with Crippen molar-refractivity contribution in [3.63, 3.8) is 0 Å². The summed E-state index contributed by atoms with van der Waals surface area (Å²) in [6.45, 7) is 4.29. The lowest BCUT2D eigenvalue weighted by Crippen LogP contribution is -2.10. The summed E-state index contributed by atoms with van der Waals surface area (Å²) < 4.78 is 2.44. The minimum atomic E-state index is 1.09. The van der Waals surface area contributed by atoms with Gasteiger partial charge in [-0.15, -0.1) is 0 Å². The van der Waals surface area contributed by atoms with E-state index in [9.17, 15) is 0 Å². The largest absolute Gasteiger partial charge is 0.310 e. The van der Waals surface area contributed by atoms with Crippen molar-refractivity contribution >= 4 is 38.9 Å². The Kier molecular flexibility index (Phi) is 9.01. The smallest absolute Gasteiger partial charge is 0.0561 e. The molecule has 0 aliphatic heterocycles. The van der Waals surface area contributed by atoms with Gasteiger partial charge in [0.2, 0.25) is 0 Å². The van der Waals surface area contributed by atoms with E-state index in [0.29, 0.717) is 0 Å². The molecule has 2 heteroatoms. The lowest BCUT2D eigenvalue weighted by molar-refractivity contribution is 1.18. The molecule has 10 aromatic rings. The van der Waals surface area contributed by atoms with Gasteiger partial charge in [-0.1, -0.05) is 175 Å². The second-order valence-electron chi connectivity index (χ2n) is 15.2. The summed E-state index contributed by atoms with van der Waals surface area (Å²) in [6.07, 6.45) is 0. The Hall–Kier alpha value is -7.42. The van der Waals surface area contributed by atoms with Crippen LogP contribution in [0.1, 0.15) is 11.1 Å². The Morgan fingerprint density at radius 3 is 1.33 bits per heavy atom. The molecule has 58 heavy (non-hydrogen) atoms. The maximum absolute atomic E-state index is 2.44. The average Bonchev–Trinajstić information content (AvgIpc) is 3.62. The molecular formula is C56H42N2. The normalized spacial score (nSPS) is 11.3. The molecule has 2 nitrogen and oxygen atoms in total. The van der Waals surface area contributed by atoms with Gasteiger partial charge in [0.15, 0.2) is 0 Å². The van der Waals surface area contributed by atoms with Gasteiger partial charge in [-0.2, -0.15) is 0 Å². The molecule has 1 heterocycles. The molecule has 0 radical (unpaired) electrons. The van der Waals surface area contributed by atoms with Gasteiger partial charge < -0.3 is 9.47 Å². The third-order valence-electron chi connectivity index (χ3n) is 11.4. The van der Waals surface area contributed by atoms with Crippen molar-refractivity contribution < 1.29 is 0 Å². The first-order chi connectivity index (χ1) is 28.6. The topological polar surface area (TPSA) is 8.17 Å². The molecule has 0 bridgehead atoms. The van der Waals surface area contributed by atoms with E-state index < -0.39 is 0 Å². The molecule has 0 spiro atoms. The molecule has 10 rings (SSSR count). The number of para-hydroxylation sites is 1. The van der Waals surface area contributed by atoms with Crippen LogP contribution in [0.4, 0.5) is 17.1 Å². The number of nitrogens with zero attached hydrogens (tertiary/aromatic N) is 2. The molecule has 1 aromatic heterocycles. The number of benzene rings is 9. The van der Waals surface area contributed by atoms with Gasteiger partial charge in [0, 0.05) is 33.5 Å². The van der Waals surface area contributed by atoms with Gasteiger partial charge in [-0.3, -0.25) is 0 Å². The van der Waals surface area contributed by atoms with E-state index in [4.69, 9.17) is 0 Å². The van der Waals surface area contributed by atoms with Crippen LogP contribution < -0.4 is 4.90 Å². The average molecular weight is 743 g/mol. The van der Waals surface area contributed by atoms with E-state index in [1.807, 2.05) is 0 Å². The Labute approximate surface area is 340 Å². The fourth-order valence-electron chi connectivity index (χ4n) is 8.32. The van der Waals surface area contributed by atoms with Crippen LogP contribution in [0, 0.1) is 13.8 Å². The quantitative estimate of drug-likeness (QED) is 0.150. The van der Waals surface area contributed by atoms with Gasteiger partial charge in [0.25, 0.3) is 0 Å². The van der Waals surface area contributed by atoms with E-state index >= 15 is 0 Å². The Bertz CT molecular complexity index is 2930. The third kappa shape index (κ3) is 6.55. The van der Waals surface area contributed by atoms with E-state index in [1.165, 1.54) is 71.9 Å². The second kappa shape index (κ2) is 14.9. The summed E-state index contributed by atoms with van der Waals surface area (Å²) in [7, 11) is 0. The van der Waals surface area contributed by atoms with Crippen LogP contribution >= 0.6 is 0 Å². The summed E-state index contributed by atoms with van der Waals surface area (Å²) in [6, 6.07) is 79.5. The number of anilines is 3. The number of fused-ring (bicyclic) bond motifs is 3. The SMILES string of the molecule is Cc1ccc(-c2ccc(-n3c4ccccc4c4ccc(N(c5ccc(-c6ccccc6)cc5)c5ccc(-c6ccccc6)cc5)cc43)cc2-c2ccc(C)cc2)cc1. The molecule has 9 aromatic carbocycles. The Balaban J connectivity index is 1.16. The monoisotopic (exact) mass is 742 g/mol. The van der Waals surface area contributed by atoms with Crippen molar-refractivity contribution in [1.29, 1.82) is 0 Å². The Morgan fingerprint density at radius 2 is 0.759 bits per heavy atom.